The molecule has 0 aliphatic carbocycles. The molecule has 2 aromatic carbocycles. The minimum atomic E-state index is -0.371. The Morgan fingerprint density at radius 3 is 2.18 bits per heavy atom. The van der Waals surface area contributed by atoms with Crippen LogP contribution in [0.2, 0.25) is 0 Å². The highest BCUT2D eigenvalue weighted by molar-refractivity contribution is 5.95. The highest BCUT2D eigenvalue weighted by Gasteiger charge is 2.31. The summed E-state index contributed by atoms with van der Waals surface area (Å²) in [6.07, 6.45) is 0. The van der Waals surface area contributed by atoms with Gasteiger partial charge in [-0.3, -0.25) is 19.4 Å². The van der Waals surface area contributed by atoms with E-state index in [2.05, 4.69) is 21.2 Å². The van der Waals surface area contributed by atoms with Crippen LogP contribution in [0.3, 0.4) is 0 Å². The van der Waals surface area contributed by atoms with Crippen molar-refractivity contribution >= 4 is 17.5 Å². The zero-order valence-corrected chi connectivity index (χ0v) is 19.6. The number of benzene rings is 2. The zero-order chi connectivity index (χ0) is 23.2. The van der Waals surface area contributed by atoms with Crippen LogP contribution in [-0.4, -0.2) is 85.5 Å². The van der Waals surface area contributed by atoms with E-state index in [0.29, 0.717) is 32.8 Å². The molecule has 2 fully saturated rings. The second kappa shape index (κ2) is 10.9. The molecular formula is C26H34N4O3. The van der Waals surface area contributed by atoms with E-state index in [-0.39, 0.29) is 17.9 Å². The van der Waals surface area contributed by atoms with Crippen molar-refractivity contribution in [2.75, 3.05) is 64.3 Å². The maximum atomic E-state index is 13.5. The SMILES string of the molecule is Cc1cc(C)cc(NC(=O)[C@H](c2ccccc2)N2CCN(CC(=O)N3CCOCC3)CC2)c1. The first-order valence-corrected chi connectivity index (χ1v) is 11.8. The Bertz CT molecular complexity index is 931. The largest absolute Gasteiger partial charge is 0.378 e. The lowest BCUT2D eigenvalue weighted by atomic mass is 10.0. The molecule has 0 radical (unpaired) electrons. The van der Waals surface area contributed by atoms with Crippen LogP contribution in [0.4, 0.5) is 5.69 Å². The van der Waals surface area contributed by atoms with Crippen LogP contribution in [0.25, 0.3) is 0 Å². The molecule has 176 valence electrons. The Kier molecular flexibility index (Phi) is 7.75. The van der Waals surface area contributed by atoms with E-state index in [1.54, 1.807) is 0 Å². The number of aryl methyl sites for hydroxylation is 2. The van der Waals surface area contributed by atoms with Crippen LogP contribution < -0.4 is 5.32 Å². The molecule has 2 amide bonds. The molecule has 0 unspecified atom stereocenters. The lowest BCUT2D eigenvalue weighted by molar-refractivity contribution is -0.137. The van der Waals surface area contributed by atoms with Gasteiger partial charge >= 0.3 is 0 Å². The summed E-state index contributed by atoms with van der Waals surface area (Å²) < 4.78 is 5.35. The van der Waals surface area contributed by atoms with Crippen LogP contribution in [0.5, 0.6) is 0 Å². The Morgan fingerprint density at radius 2 is 1.55 bits per heavy atom. The lowest BCUT2D eigenvalue weighted by Crippen LogP contribution is -2.53. The summed E-state index contributed by atoms with van der Waals surface area (Å²) in [5.74, 6) is 0.142. The summed E-state index contributed by atoms with van der Waals surface area (Å²) in [5.41, 5.74) is 4.06. The molecule has 2 aliphatic heterocycles. The number of hydrogen-bond donors (Lipinski definition) is 1. The molecule has 0 spiro atoms. The number of nitrogens with zero attached hydrogens (tertiary/aromatic N) is 3. The second-order valence-electron chi connectivity index (χ2n) is 8.98. The molecule has 7 heteroatoms. The number of carbonyl (C=O) groups excluding carboxylic acids is 2. The van der Waals surface area contributed by atoms with Gasteiger partial charge in [0.1, 0.15) is 6.04 Å². The third kappa shape index (κ3) is 6.19. The zero-order valence-electron chi connectivity index (χ0n) is 19.6. The highest BCUT2D eigenvalue weighted by atomic mass is 16.5. The number of rotatable bonds is 6. The smallest absolute Gasteiger partial charge is 0.246 e. The Balaban J connectivity index is 1.41. The van der Waals surface area contributed by atoms with Crippen molar-refractivity contribution in [2.45, 2.75) is 19.9 Å². The van der Waals surface area contributed by atoms with Crippen LogP contribution in [-0.2, 0) is 14.3 Å². The van der Waals surface area contributed by atoms with Crippen LogP contribution in [0.1, 0.15) is 22.7 Å². The molecule has 1 N–H and O–H groups in total. The molecule has 2 saturated heterocycles. The van der Waals surface area contributed by atoms with Crippen molar-refractivity contribution in [1.82, 2.24) is 14.7 Å². The van der Waals surface area contributed by atoms with Gasteiger partial charge in [0.2, 0.25) is 11.8 Å². The summed E-state index contributed by atoms with van der Waals surface area (Å²) >= 11 is 0. The van der Waals surface area contributed by atoms with E-state index in [0.717, 1.165) is 48.6 Å². The number of piperazine rings is 1. The van der Waals surface area contributed by atoms with Crippen molar-refractivity contribution in [3.8, 4) is 0 Å². The monoisotopic (exact) mass is 450 g/mol. The predicted molar refractivity (Wildman–Crippen MR) is 129 cm³/mol. The highest BCUT2D eigenvalue weighted by Crippen LogP contribution is 2.25. The van der Waals surface area contributed by atoms with Gasteiger partial charge in [-0.1, -0.05) is 36.4 Å². The molecule has 7 nitrogen and oxygen atoms in total. The first-order valence-electron chi connectivity index (χ1n) is 11.8. The Morgan fingerprint density at radius 1 is 0.909 bits per heavy atom. The summed E-state index contributed by atoms with van der Waals surface area (Å²) in [7, 11) is 0. The molecular weight excluding hydrogens is 416 g/mol. The van der Waals surface area contributed by atoms with E-state index in [1.807, 2.05) is 61.2 Å². The molecule has 0 saturated carbocycles. The van der Waals surface area contributed by atoms with Crippen LogP contribution in [0, 0.1) is 13.8 Å². The molecule has 0 aromatic heterocycles. The van der Waals surface area contributed by atoms with E-state index in [4.69, 9.17) is 4.74 Å². The normalized spacial score (nSPS) is 18.7. The van der Waals surface area contributed by atoms with E-state index < -0.39 is 0 Å². The third-order valence-corrected chi connectivity index (χ3v) is 6.35. The summed E-state index contributed by atoms with van der Waals surface area (Å²) in [5, 5.41) is 3.14. The van der Waals surface area contributed by atoms with E-state index in [1.165, 1.54) is 0 Å². The van der Waals surface area contributed by atoms with E-state index in [9.17, 15) is 9.59 Å². The van der Waals surface area contributed by atoms with Gasteiger partial charge < -0.3 is 15.0 Å². The van der Waals surface area contributed by atoms with Crippen LogP contribution in [0.15, 0.2) is 48.5 Å². The minimum absolute atomic E-state index is 0.0240. The van der Waals surface area contributed by atoms with Crippen molar-refractivity contribution < 1.29 is 14.3 Å². The average molecular weight is 451 g/mol. The number of ether oxygens (including phenoxy) is 1. The Labute approximate surface area is 196 Å². The molecule has 2 aromatic rings. The molecule has 33 heavy (non-hydrogen) atoms. The maximum Gasteiger partial charge on any atom is 0.246 e. The minimum Gasteiger partial charge on any atom is -0.378 e. The average Bonchev–Trinajstić information content (AvgIpc) is 2.81. The van der Waals surface area contributed by atoms with Crippen molar-refractivity contribution in [1.29, 1.82) is 0 Å². The van der Waals surface area contributed by atoms with Gasteiger partial charge in [-0.15, -0.1) is 0 Å². The third-order valence-electron chi connectivity index (χ3n) is 6.35. The van der Waals surface area contributed by atoms with Gasteiger partial charge in [0.15, 0.2) is 0 Å². The number of nitrogens with one attached hydrogen (secondary N) is 1. The molecule has 1 atom stereocenters. The summed E-state index contributed by atoms with van der Waals surface area (Å²) in [6.45, 7) is 10.1. The fourth-order valence-electron chi connectivity index (χ4n) is 4.70. The quantitative estimate of drug-likeness (QED) is 0.733. The number of amides is 2. The molecule has 4 rings (SSSR count). The number of anilines is 1. The maximum absolute atomic E-state index is 13.5. The van der Waals surface area contributed by atoms with Crippen molar-refractivity contribution in [3.05, 3.63) is 65.2 Å². The number of hydrogen-bond acceptors (Lipinski definition) is 5. The van der Waals surface area contributed by atoms with Gasteiger partial charge in [-0.05, 0) is 42.7 Å². The lowest BCUT2D eigenvalue weighted by Gasteiger charge is -2.39. The summed E-state index contributed by atoms with van der Waals surface area (Å²) in [6, 6.07) is 15.7. The summed E-state index contributed by atoms with van der Waals surface area (Å²) in [4.78, 5) is 32.4. The van der Waals surface area contributed by atoms with Gasteiger partial charge in [0, 0.05) is 45.0 Å². The molecule has 0 bridgehead atoms. The fraction of sp³-hybridized carbons (Fsp3) is 0.462. The first kappa shape index (κ1) is 23.4. The van der Waals surface area contributed by atoms with Crippen LogP contribution >= 0.6 is 0 Å². The molecule has 2 aliphatic rings. The second-order valence-corrected chi connectivity index (χ2v) is 8.98. The van der Waals surface area contributed by atoms with Gasteiger partial charge in [-0.2, -0.15) is 0 Å². The van der Waals surface area contributed by atoms with E-state index >= 15 is 0 Å². The van der Waals surface area contributed by atoms with Gasteiger partial charge in [0.25, 0.3) is 0 Å². The Hall–Kier alpha value is -2.74. The standard InChI is InChI=1S/C26H34N4O3/c1-20-16-21(2)18-23(17-20)27-26(32)25(22-6-4-3-5-7-22)30-10-8-28(9-11-30)19-24(31)29-12-14-33-15-13-29/h3-7,16-18,25H,8-15,19H2,1-2H3,(H,27,32)/t25-/m0/s1. The van der Waals surface area contributed by atoms with Crippen molar-refractivity contribution in [3.63, 3.8) is 0 Å². The number of carbonyl (C=O) groups is 2. The van der Waals surface area contributed by atoms with Gasteiger partial charge in [-0.25, -0.2) is 0 Å². The van der Waals surface area contributed by atoms with Crippen molar-refractivity contribution in [2.24, 2.45) is 0 Å². The molecule has 2 heterocycles. The van der Waals surface area contributed by atoms with Gasteiger partial charge in [0.05, 0.1) is 19.8 Å². The topological polar surface area (TPSA) is 65.1 Å². The predicted octanol–water partition coefficient (Wildman–Crippen LogP) is 2.46. The first-order chi connectivity index (χ1) is 16.0. The number of morpholine rings is 1. The fourth-order valence-corrected chi connectivity index (χ4v) is 4.70.